The van der Waals surface area contributed by atoms with E-state index in [1.54, 1.807) is 10.7 Å². The number of hydrogen-bond acceptors (Lipinski definition) is 5. The molecule has 0 saturated heterocycles. The molecule has 3 aromatic rings. The molecule has 0 radical (unpaired) electrons. The molecule has 158 valence electrons. The first-order valence-corrected chi connectivity index (χ1v) is 10.1. The average Bonchev–Trinajstić information content (AvgIpc) is 3.04. The maximum atomic E-state index is 12.6. The van der Waals surface area contributed by atoms with Crippen molar-refractivity contribution in [1.82, 2.24) is 19.6 Å². The minimum atomic E-state index is -0.343. The maximum Gasteiger partial charge on any atom is 0.267 e. The van der Waals surface area contributed by atoms with Gasteiger partial charge in [0.1, 0.15) is 6.54 Å². The molecule has 1 aromatic carbocycles. The Kier molecular flexibility index (Phi) is 6.34. The summed E-state index contributed by atoms with van der Waals surface area (Å²) in [4.78, 5) is 27.1. The molecule has 8 heteroatoms. The van der Waals surface area contributed by atoms with Crippen LogP contribution in [0.15, 0.2) is 41.2 Å². The molecule has 0 aliphatic rings. The third-order valence-electron chi connectivity index (χ3n) is 4.99. The molecule has 0 spiro atoms. The van der Waals surface area contributed by atoms with Gasteiger partial charge in [-0.1, -0.05) is 0 Å². The zero-order valence-corrected chi connectivity index (χ0v) is 18.1. The summed E-state index contributed by atoms with van der Waals surface area (Å²) in [5.74, 6) is 0.182. The topological polar surface area (TPSA) is 85.1 Å². The van der Waals surface area contributed by atoms with E-state index in [4.69, 9.17) is 0 Å². The van der Waals surface area contributed by atoms with E-state index in [1.165, 1.54) is 6.07 Å². The van der Waals surface area contributed by atoms with E-state index in [0.717, 1.165) is 46.1 Å². The third kappa shape index (κ3) is 4.59. The van der Waals surface area contributed by atoms with Crippen LogP contribution < -0.4 is 15.8 Å². The van der Waals surface area contributed by atoms with Gasteiger partial charge in [-0.15, -0.1) is 5.10 Å². The van der Waals surface area contributed by atoms with Gasteiger partial charge in [-0.25, -0.2) is 9.36 Å². The predicted molar refractivity (Wildman–Crippen MR) is 118 cm³/mol. The molecule has 3 rings (SSSR count). The van der Waals surface area contributed by atoms with Gasteiger partial charge >= 0.3 is 0 Å². The van der Waals surface area contributed by atoms with Crippen molar-refractivity contribution < 1.29 is 4.79 Å². The van der Waals surface area contributed by atoms with Gasteiger partial charge in [-0.05, 0) is 70.5 Å². The van der Waals surface area contributed by atoms with E-state index in [9.17, 15) is 9.59 Å². The molecule has 8 nitrogen and oxygen atoms in total. The average molecular weight is 409 g/mol. The molecule has 0 atom stereocenters. The second-order valence-corrected chi connectivity index (χ2v) is 7.25. The van der Waals surface area contributed by atoms with Crippen molar-refractivity contribution in [2.75, 3.05) is 23.3 Å². The molecule has 1 amide bonds. The number of benzene rings is 1. The Morgan fingerprint density at radius 2 is 1.77 bits per heavy atom. The number of hydrogen-bond donors (Lipinski definition) is 1. The smallest absolute Gasteiger partial charge is 0.267 e. The highest BCUT2D eigenvalue weighted by Crippen LogP contribution is 2.22. The van der Waals surface area contributed by atoms with Crippen molar-refractivity contribution in [3.63, 3.8) is 0 Å². The molecular weight excluding hydrogens is 380 g/mol. The second-order valence-electron chi connectivity index (χ2n) is 7.25. The van der Waals surface area contributed by atoms with Crippen LogP contribution in [0.4, 0.5) is 11.4 Å². The van der Waals surface area contributed by atoms with E-state index in [0.29, 0.717) is 5.82 Å². The summed E-state index contributed by atoms with van der Waals surface area (Å²) in [6, 6.07) is 10.9. The minimum absolute atomic E-state index is 0.177. The summed E-state index contributed by atoms with van der Waals surface area (Å²) in [6.07, 6.45) is 0. The highest BCUT2D eigenvalue weighted by Gasteiger charge is 2.12. The first-order valence-electron chi connectivity index (χ1n) is 10.1. The Balaban J connectivity index is 1.77. The Hall–Kier alpha value is -3.42. The van der Waals surface area contributed by atoms with Crippen LogP contribution in [0.25, 0.3) is 5.82 Å². The van der Waals surface area contributed by atoms with Crippen molar-refractivity contribution in [1.29, 1.82) is 0 Å². The Morgan fingerprint density at radius 3 is 2.37 bits per heavy atom. The zero-order valence-electron chi connectivity index (χ0n) is 18.1. The van der Waals surface area contributed by atoms with Crippen LogP contribution in [0.2, 0.25) is 0 Å². The maximum absolute atomic E-state index is 12.6. The van der Waals surface area contributed by atoms with Crippen molar-refractivity contribution >= 4 is 17.3 Å². The van der Waals surface area contributed by atoms with E-state index < -0.39 is 0 Å². The molecule has 2 aromatic heterocycles. The van der Waals surface area contributed by atoms with Crippen LogP contribution in [-0.2, 0) is 11.3 Å². The van der Waals surface area contributed by atoms with Gasteiger partial charge in [-0.2, -0.15) is 5.10 Å². The van der Waals surface area contributed by atoms with Gasteiger partial charge in [-0.3, -0.25) is 9.59 Å². The number of carbonyl (C=O) groups is 1. The van der Waals surface area contributed by atoms with Gasteiger partial charge in [0.15, 0.2) is 5.82 Å². The fraction of sp³-hybridized carbons (Fsp3) is 0.364. The fourth-order valence-corrected chi connectivity index (χ4v) is 3.42. The van der Waals surface area contributed by atoms with E-state index in [1.807, 2.05) is 39.0 Å². The van der Waals surface area contributed by atoms with Gasteiger partial charge < -0.3 is 10.2 Å². The number of nitrogens with one attached hydrogen (secondary N) is 1. The monoisotopic (exact) mass is 408 g/mol. The van der Waals surface area contributed by atoms with Gasteiger partial charge in [0.05, 0.1) is 5.69 Å². The number of amides is 1. The van der Waals surface area contributed by atoms with Crippen molar-refractivity contribution in [2.24, 2.45) is 0 Å². The van der Waals surface area contributed by atoms with Gasteiger partial charge in [0, 0.05) is 36.2 Å². The van der Waals surface area contributed by atoms with Crippen LogP contribution in [-0.4, -0.2) is 38.6 Å². The molecule has 0 bridgehead atoms. The summed E-state index contributed by atoms with van der Waals surface area (Å²) in [7, 11) is 0. The number of aromatic nitrogens is 4. The third-order valence-corrected chi connectivity index (χ3v) is 4.99. The van der Waals surface area contributed by atoms with Crippen LogP contribution in [0, 0.1) is 20.8 Å². The summed E-state index contributed by atoms with van der Waals surface area (Å²) < 4.78 is 2.81. The molecule has 0 fully saturated rings. The van der Waals surface area contributed by atoms with E-state index in [2.05, 4.69) is 40.3 Å². The van der Waals surface area contributed by atoms with E-state index in [-0.39, 0.29) is 18.0 Å². The molecule has 1 N–H and O–H groups in total. The molecule has 2 heterocycles. The Bertz CT molecular complexity index is 1110. The normalized spacial score (nSPS) is 10.8. The molecular formula is C22H28N6O2. The van der Waals surface area contributed by atoms with Crippen LogP contribution >= 0.6 is 0 Å². The summed E-state index contributed by atoms with van der Waals surface area (Å²) >= 11 is 0. The van der Waals surface area contributed by atoms with Crippen molar-refractivity contribution in [3.05, 3.63) is 63.7 Å². The standard InChI is InChI=1S/C22H28N6O2/c1-6-26(7-2)18-8-9-19(15(3)12-18)23-21(29)14-27-22(30)11-10-20(25-27)28-17(5)13-16(4)24-28/h8-13H,6-7,14H2,1-5H3,(H,23,29). The molecule has 0 unspecified atom stereocenters. The predicted octanol–water partition coefficient (Wildman–Crippen LogP) is 2.84. The van der Waals surface area contributed by atoms with Crippen LogP contribution in [0.3, 0.4) is 0 Å². The molecule has 0 aliphatic heterocycles. The highest BCUT2D eigenvalue weighted by atomic mass is 16.2. The molecule has 30 heavy (non-hydrogen) atoms. The lowest BCUT2D eigenvalue weighted by Gasteiger charge is -2.22. The van der Waals surface area contributed by atoms with Gasteiger partial charge in [0.2, 0.25) is 5.91 Å². The Labute approximate surface area is 176 Å². The Morgan fingerprint density at radius 1 is 1.03 bits per heavy atom. The van der Waals surface area contributed by atoms with Gasteiger partial charge in [0.25, 0.3) is 5.56 Å². The van der Waals surface area contributed by atoms with Crippen LogP contribution in [0.5, 0.6) is 0 Å². The zero-order chi connectivity index (χ0) is 21.8. The second kappa shape index (κ2) is 8.94. The number of anilines is 2. The number of rotatable bonds is 7. The first-order chi connectivity index (χ1) is 14.3. The minimum Gasteiger partial charge on any atom is -0.372 e. The number of aryl methyl sites for hydroxylation is 3. The number of carbonyl (C=O) groups excluding carboxylic acids is 1. The lowest BCUT2D eigenvalue weighted by atomic mass is 10.1. The SMILES string of the molecule is CCN(CC)c1ccc(NC(=O)Cn2nc(-n3nc(C)cc3C)ccc2=O)c(C)c1. The highest BCUT2D eigenvalue weighted by molar-refractivity contribution is 5.91. The quantitative estimate of drug-likeness (QED) is 0.650. The first kappa shape index (κ1) is 21.3. The molecule has 0 aliphatic carbocycles. The lowest BCUT2D eigenvalue weighted by Crippen LogP contribution is -2.30. The van der Waals surface area contributed by atoms with E-state index >= 15 is 0 Å². The summed E-state index contributed by atoms with van der Waals surface area (Å²) in [6.45, 7) is 11.6. The van der Waals surface area contributed by atoms with Crippen LogP contribution in [0.1, 0.15) is 30.8 Å². The fourth-order valence-electron chi connectivity index (χ4n) is 3.42. The largest absolute Gasteiger partial charge is 0.372 e. The van der Waals surface area contributed by atoms with Crippen molar-refractivity contribution in [3.8, 4) is 5.82 Å². The summed E-state index contributed by atoms with van der Waals surface area (Å²) in [5.41, 5.74) is 4.21. The van der Waals surface area contributed by atoms with Crippen molar-refractivity contribution in [2.45, 2.75) is 41.2 Å². The lowest BCUT2D eigenvalue weighted by molar-refractivity contribution is -0.117. The number of nitrogens with zero attached hydrogens (tertiary/aromatic N) is 5. The molecule has 0 saturated carbocycles. The summed E-state index contributed by atoms with van der Waals surface area (Å²) in [5, 5.41) is 11.6.